The van der Waals surface area contributed by atoms with E-state index in [9.17, 15) is 0 Å². The first-order valence-corrected chi connectivity index (χ1v) is 11.4. The molecule has 0 saturated carbocycles. The van der Waals surface area contributed by atoms with Crippen LogP contribution in [0.3, 0.4) is 0 Å². The van der Waals surface area contributed by atoms with Crippen molar-refractivity contribution >= 4 is 36.3 Å². The van der Waals surface area contributed by atoms with Crippen LogP contribution in [0, 0.1) is 0 Å². The molecule has 2 aromatic carbocycles. The van der Waals surface area contributed by atoms with Crippen molar-refractivity contribution < 1.29 is 31.5 Å². The van der Waals surface area contributed by atoms with Gasteiger partial charge in [-0.2, -0.15) is 0 Å². The molecule has 5 heteroatoms. The third-order valence-corrected chi connectivity index (χ3v) is 5.14. The molecule has 0 radical (unpaired) electrons. The van der Waals surface area contributed by atoms with Gasteiger partial charge in [0.1, 0.15) is 0 Å². The third kappa shape index (κ3) is 5.87. The van der Waals surface area contributed by atoms with Gasteiger partial charge in [-0.05, 0) is 0 Å². The van der Waals surface area contributed by atoms with Gasteiger partial charge in [-0.15, -0.1) is 0 Å². The molecular formula is C12H10Cl2FePPd. The maximum absolute atomic E-state index is 4.81. The molecule has 0 nitrogen and oxygen atoms in total. The van der Waals surface area contributed by atoms with Gasteiger partial charge in [-0.3, -0.25) is 0 Å². The van der Waals surface area contributed by atoms with Crippen LogP contribution < -0.4 is 10.6 Å². The Labute approximate surface area is 127 Å². The van der Waals surface area contributed by atoms with Crippen LogP contribution in [0.25, 0.3) is 0 Å². The Morgan fingerprint density at radius 1 is 0.765 bits per heavy atom. The van der Waals surface area contributed by atoms with E-state index in [2.05, 4.69) is 64.1 Å². The summed E-state index contributed by atoms with van der Waals surface area (Å²) in [6.07, 6.45) is 0. The molecule has 2 rings (SSSR count). The summed E-state index contributed by atoms with van der Waals surface area (Å²) in [7, 11) is 9.63. The summed E-state index contributed by atoms with van der Waals surface area (Å²) < 4.78 is 0. The molecule has 2 aromatic rings. The van der Waals surface area contributed by atoms with Crippen molar-refractivity contribution in [2.45, 2.75) is 0 Å². The second-order valence-corrected chi connectivity index (χ2v) is 8.40. The molecule has 0 aromatic heterocycles. The fourth-order valence-corrected chi connectivity index (χ4v) is 3.40. The minimum absolute atomic E-state index is 0.106. The molecular weight excluding hydrogens is 408 g/mol. The van der Waals surface area contributed by atoms with Crippen molar-refractivity contribution in [3.05, 3.63) is 60.7 Å². The Kier molecular flexibility index (Phi) is 8.81. The first-order chi connectivity index (χ1) is 8.29. The van der Waals surface area contributed by atoms with E-state index < -0.39 is 6.61 Å². The molecule has 0 spiro atoms. The summed E-state index contributed by atoms with van der Waals surface area (Å²) in [5.74, 6) is 0. The Morgan fingerprint density at radius 2 is 1.06 bits per heavy atom. The second kappa shape index (κ2) is 9.55. The normalized spacial score (nSPS) is 9.88. The van der Waals surface area contributed by atoms with Gasteiger partial charge in [0.05, 0.1) is 0 Å². The van der Waals surface area contributed by atoms with Gasteiger partial charge in [0.15, 0.2) is 0 Å². The molecule has 0 heterocycles. The zero-order chi connectivity index (χ0) is 12.5. The van der Waals surface area contributed by atoms with Gasteiger partial charge in [0, 0.05) is 0 Å². The molecule has 0 aliphatic rings. The van der Waals surface area contributed by atoms with Crippen LogP contribution >= 0.6 is 25.7 Å². The Balaban J connectivity index is 0.000000437. The van der Waals surface area contributed by atoms with E-state index in [0.717, 1.165) is 0 Å². The molecule has 0 fully saturated rings. The number of rotatable bonds is 2. The third-order valence-electron chi connectivity index (χ3n) is 1.95. The molecule has 95 valence electrons. The van der Waals surface area contributed by atoms with E-state index in [1.54, 1.807) is 0 Å². The number of hydrogen-bond acceptors (Lipinski definition) is 0. The molecule has 0 bridgehead atoms. The van der Waals surface area contributed by atoms with Crippen LogP contribution in [0.1, 0.15) is 0 Å². The van der Waals surface area contributed by atoms with Gasteiger partial charge in [0.2, 0.25) is 0 Å². The second-order valence-electron chi connectivity index (χ2n) is 2.99. The summed E-state index contributed by atoms with van der Waals surface area (Å²) in [6.45, 7) is -0.421. The van der Waals surface area contributed by atoms with Crippen molar-refractivity contribution in [1.82, 2.24) is 0 Å². The Bertz CT molecular complexity index is 374. The number of benzene rings is 2. The fourth-order valence-electron chi connectivity index (χ4n) is 1.26. The van der Waals surface area contributed by atoms with Gasteiger partial charge in [0.25, 0.3) is 0 Å². The zero-order valence-corrected chi connectivity index (χ0v) is 13.7. The quantitative estimate of drug-likeness (QED) is 0.512. The van der Waals surface area contributed by atoms with E-state index in [-0.39, 0.29) is 15.9 Å². The fraction of sp³-hybridized carbons (Fsp3) is 0. The monoisotopic (exact) mass is 417 g/mol. The molecule has 0 aliphatic heterocycles. The standard InChI is InChI=1S/C12H10P.2ClH.Fe.Pd/c1-3-7-11(8-4-1)13-12-9-5-2-6-10-12;;;;/h1-10H;2*1H;;/q-1;;;+1;+2/p-2. The molecule has 0 N–H and O–H groups in total. The Morgan fingerprint density at radius 3 is 1.35 bits per heavy atom. The number of halogens is 2. The summed E-state index contributed by atoms with van der Waals surface area (Å²) >= 11 is 4.14. The van der Waals surface area contributed by atoms with E-state index in [4.69, 9.17) is 19.1 Å². The van der Waals surface area contributed by atoms with Gasteiger partial charge >= 0.3 is 128 Å². The van der Waals surface area contributed by atoms with E-state index >= 15 is 0 Å². The Hall–Kier alpha value is 0.632. The molecule has 0 atom stereocenters. The van der Waals surface area contributed by atoms with E-state index in [0.29, 0.717) is 0 Å². The summed E-state index contributed by atoms with van der Waals surface area (Å²) in [4.78, 5) is 0. The average Bonchev–Trinajstić information content (AvgIpc) is 2.41. The zero-order valence-electron chi connectivity index (χ0n) is 8.65. The van der Waals surface area contributed by atoms with Crippen LogP contribution in [0.5, 0.6) is 0 Å². The van der Waals surface area contributed by atoms with Gasteiger partial charge < -0.3 is 0 Å². The van der Waals surface area contributed by atoms with Crippen molar-refractivity contribution in [1.29, 1.82) is 0 Å². The maximum atomic E-state index is 4.81. The topological polar surface area (TPSA) is 0 Å². The average molecular weight is 418 g/mol. The van der Waals surface area contributed by atoms with Crippen molar-refractivity contribution in [3.8, 4) is 0 Å². The van der Waals surface area contributed by atoms with Crippen LogP contribution in [-0.4, -0.2) is 0 Å². The van der Waals surface area contributed by atoms with Crippen molar-refractivity contribution in [3.63, 3.8) is 0 Å². The summed E-state index contributed by atoms with van der Waals surface area (Å²) in [5, 5.41) is 2.66. The first-order valence-electron chi connectivity index (χ1n) is 4.67. The predicted molar refractivity (Wildman–Crippen MR) is 70.8 cm³/mol. The molecule has 0 amide bonds. The van der Waals surface area contributed by atoms with Crippen LogP contribution in [0.4, 0.5) is 0 Å². The van der Waals surface area contributed by atoms with Gasteiger partial charge in [-0.25, -0.2) is 0 Å². The van der Waals surface area contributed by atoms with Crippen molar-refractivity contribution in [2.75, 3.05) is 0 Å². The van der Waals surface area contributed by atoms with Crippen molar-refractivity contribution in [2.24, 2.45) is 0 Å². The van der Waals surface area contributed by atoms with Crippen LogP contribution in [-0.2, 0) is 31.5 Å². The minimum atomic E-state index is -0.421. The summed E-state index contributed by atoms with van der Waals surface area (Å²) in [6, 6.07) is 20.9. The molecule has 17 heavy (non-hydrogen) atoms. The SMILES string of the molecule is [Cl][Pd][Cl].[Fe][P](c1ccccc1)c1ccccc1. The first kappa shape index (κ1) is 15.7. The molecule has 0 saturated heterocycles. The number of hydrogen-bond donors (Lipinski definition) is 0. The van der Waals surface area contributed by atoms with E-state index in [1.807, 2.05) is 12.1 Å². The van der Waals surface area contributed by atoms with E-state index in [1.165, 1.54) is 10.6 Å². The van der Waals surface area contributed by atoms with Crippen LogP contribution in [0.15, 0.2) is 60.7 Å². The summed E-state index contributed by atoms with van der Waals surface area (Å²) in [5.41, 5.74) is 0. The molecule has 0 unspecified atom stereocenters. The molecule has 0 aliphatic carbocycles. The van der Waals surface area contributed by atoms with Crippen LogP contribution in [0.2, 0.25) is 0 Å². The predicted octanol–water partition coefficient (Wildman–Crippen LogP) is 3.96. The van der Waals surface area contributed by atoms with Gasteiger partial charge in [-0.1, -0.05) is 0 Å².